The second-order valence-corrected chi connectivity index (χ2v) is 6.77. The molecule has 2 N–H and O–H groups in total. The summed E-state index contributed by atoms with van der Waals surface area (Å²) in [5.41, 5.74) is 0.598. The van der Waals surface area contributed by atoms with Gasteiger partial charge in [0.15, 0.2) is 5.11 Å². The highest BCUT2D eigenvalue weighted by Gasteiger charge is 2.38. The number of hydrogen-bond acceptors (Lipinski definition) is 3. The SMILES string of the molecule is Fc1ccc(F)c(NC(=S)Nc2ccc(-n3c(C(F)(F)F)nc4ccccc43)nc2)c1. The van der Waals surface area contributed by atoms with Gasteiger partial charge < -0.3 is 10.6 Å². The minimum absolute atomic E-state index is 0.00151. The van der Waals surface area contributed by atoms with Crippen molar-refractivity contribution in [3.8, 4) is 5.82 Å². The largest absolute Gasteiger partial charge is 0.450 e. The molecule has 0 aliphatic heterocycles. The lowest BCUT2D eigenvalue weighted by Gasteiger charge is -2.13. The van der Waals surface area contributed by atoms with E-state index in [1.807, 2.05) is 0 Å². The number of para-hydroxylation sites is 2. The second-order valence-electron chi connectivity index (χ2n) is 6.37. The zero-order chi connectivity index (χ0) is 22.2. The van der Waals surface area contributed by atoms with Crippen LogP contribution in [0, 0.1) is 11.6 Å². The number of nitrogens with zero attached hydrogens (tertiary/aromatic N) is 3. The molecule has 0 saturated carbocycles. The fourth-order valence-corrected chi connectivity index (χ4v) is 3.15. The molecule has 5 nitrogen and oxygen atoms in total. The summed E-state index contributed by atoms with van der Waals surface area (Å²) in [6.07, 6.45) is -3.42. The molecule has 4 rings (SSSR count). The first-order valence-corrected chi connectivity index (χ1v) is 9.17. The first-order chi connectivity index (χ1) is 14.7. The lowest BCUT2D eigenvalue weighted by Crippen LogP contribution is -2.20. The molecule has 0 fully saturated rings. The molecule has 0 radical (unpaired) electrons. The molecule has 0 amide bonds. The Kier molecular flexibility index (Phi) is 5.27. The minimum atomic E-state index is -4.68. The Balaban J connectivity index is 1.59. The normalized spacial score (nSPS) is 11.5. The molecule has 2 aromatic heterocycles. The van der Waals surface area contributed by atoms with Gasteiger partial charge in [-0.05, 0) is 48.6 Å². The predicted molar refractivity (Wildman–Crippen MR) is 110 cm³/mol. The van der Waals surface area contributed by atoms with E-state index in [0.717, 1.165) is 22.8 Å². The van der Waals surface area contributed by atoms with E-state index in [1.165, 1.54) is 30.5 Å². The van der Waals surface area contributed by atoms with Gasteiger partial charge in [-0.15, -0.1) is 0 Å². The summed E-state index contributed by atoms with van der Waals surface area (Å²) < 4.78 is 68.3. The molecule has 2 aromatic carbocycles. The van der Waals surface area contributed by atoms with Crippen molar-refractivity contribution in [3.63, 3.8) is 0 Å². The molecule has 11 heteroatoms. The Hall–Kier alpha value is -3.60. The van der Waals surface area contributed by atoms with Crippen molar-refractivity contribution < 1.29 is 22.0 Å². The van der Waals surface area contributed by atoms with Crippen LogP contribution in [0.4, 0.5) is 33.3 Å². The maximum Gasteiger partial charge on any atom is 0.450 e. The molecule has 0 aliphatic rings. The molecule has 31 heavy (non-hydrogen) atoms. The zero-order valence-corrected chi connectivity index (χ0v) is 16.2. The van der Waals surface area contributed by atoms with Gasteiger partial charge in [0.2, 0.25) is 5.82 Å². The first kappa shape index (κ1) is 20.7. The molecule has 0 aliphatic carbocycles. The smallest absolute Gasteiger partial charge is 0.331 e. The average Bonchev–Trinajstić information content (AvgIpc) is 3.11. The van der Waals surface area contributed by atoms with Crippen LogP contribution < -0.4 is 10.6 Å². The van der Waals surface area contributed by atoms with E-state index in [1.54, 1.807) is 12.1 Å². The van der Waals surface area contributed by atoms with Gasteiger partial charge in [0.05, 0.1) is 28.6 Å². The average molecular weight is 449 g/mol. The van der Waals surface area contributed by atoms with Gasteiger partial charge in [0, 0.05) is 6.07 Å². The summed E-state index contributed by atoms with van der Waals surface area (Å²) >= 11 is 5.06. The van der Waals surface area contributed by atoms with Gasteiger partial charge in [-0.3, -0.25) is 4.57 Å². The Morgan fingerprint density at radius 3 is 2.45 bits per heavy atom. The second kappa shape index (κ2) is 7.91. The highest BCUT2D eigenvalue weighted by atomic mass is 32.1. The summed E-state index contributed by atoms with van der Waals surface area (Å²) in [4.78, 5) is 7.75. The Morgan fingerprint density at radius 2 is 1.74 bits per heavy atom. The van der Waals surface area contributed by atoms with E-state index >= 15 is 0 Å². The standard InChI is InChI=1S/C20H12F5N5S/c21-11-5-7-13(22)15(9-11)29-19(31)27-12-6-8-17(26-10-12)30-16-4-2-1-3-14(16)28-18(30)20(23,24)25/h1-10H,(H2,27,29,31). The first-order valence-electron chi connectivity index (χ1n) is 8.76. The number of benzene rings is 2. The maximum atomic E-state index is 13.7. The number of aromatic nitrogens is 3. The highest BCUT2D eigenvalue weighted by Crippen LogP contribution is 2.33. The summed E-state index contributed by atoms with van der Waals surface area (Å²) in [6, 6.07) is 11.9. The third-order valence-electron chi connectivity index (χ3n) is 4.23. The van der Waals surface area contributed by atoms with Gasteiger partial charge in [-0.25, -0.2) is 18.7 Å². The van der Waals surface area contributed by atoms with Gasteiger partial charge in [-0.2, -0.15) is 13.2 Å². The zero-order valence-electron chi connectivity index (χ0n) is 15.4. The van der Waals surface area contributed by atoms with Gasteiger partial charge >= 0.3 is 6.18 Å². The number of imidazole rings is 1. The molecule has 158 valence electrons. The number of thiocarbonyl (C=S) groups is 1. The number of halogens is 5. The van der Waals surface area contributed by atoms with Crippen LogP contribution in [0.1, 0.15) is 5.82 Å². The van der Waals surface area contributed by atoms with Crippen molar-refractivity contribution in [3.05, 3.63) is 78.3 Å². The van der Waals surface area contributed by atoms with E-state index in [-0.39, 0.29) is 27.7 Å². The van der Waals surface area contributed by atoms with E-state index in [0.29, 0.717) is 5.69 Å². The molecule has 0 spiro atoms. The van der Waals surface area contributed by atoms with Crippen molar-refractivity contribution in [2.75, 3.05) is 10.6 Å². The molecule has 2 heterocycles. The van der Waals surface area contributed by atoms with Crippen LogP contribution in [0.15, 0.2) is 60.8 Å². The fourth-order valence-electron chi connectivity index (χ4n) is 2.92. The number of anilines is 2. The number of rotatable bonds is 3. The van der Waals surface area contributed by atoms with Crippen molar-refractivity contribution >= 4 is 39.7 Å². The highest BCUT2D eigenvalue weighted by molar-refractivity contribution is 7.80. The van der Waals surface area contributed by atoms with Crippen molar-refractivity contribution in [1.82, 2.24) is 14.5 Å². The van der Waals surface area contributed by atoms with Gasteiger partial charge in [0.25, 0.3) is 0 Å². The van der Waals surface area contributed by atoms with Crippen LogP contribution in [0.25, 0.3) is 16.9 Å². The van der Waals surface area contributed by atoms with Crippen molar-refractivity contribution in [2.45, 2.75) is 6.18 Å². The molecule has 0 bridgehead atoms. The minimum Gasteiger partial charge on any atom is -0.331 e. The number of pyridine rings is 1. The van der Waals surface area contributed by atoms with Crippen LogP contribution in [-0.4, -0.2) is 19.6 Å². The van der Waals surface area contributed by atoms with Crippen LogP contribution in [0.5, 0.6) is 0 Å². The molecule has 0 unspecified atom stereocenters. The third-order valence-corrected chi connectivity index (χ3v) is 4.43. The maximum absolute atomic E-state index is 13.7. The summed E-state index contributed by atoms with van der Waals surface area (Å²) in [7, 11) is 0. The van der Waals surface area contributed by atoms with Gasteiger partial charge in [-0.1, -0.05) is 12.1 Å². The Morgan fingerprint density at radius 1 is 0.968 bits per heavy atom. The van der Waals surface area contributed by atoms with Gasteiger partial charge in [0.1, 0.15) is 17.5 Å². The molecule has 4 aromatic rings. The Bertz CT molecular complexity index is 1270. The number of hydrogen-bond donors (Lipinski definition) is 2. The van der Waals surface area contributed by atoms with E-state index < -0.39 is 23.6 Å². The quantitative estimate of drug-likeness (QED) is 0.318. The fraction of sp³-hybridized carbons (Fsp3) is 0.0500. The molecule has 0 saturated heterocycles. The molecule has 0 atom stereocenters. The molecular weight excluding hydrogens is 437 g/mol. The number of nitrogens with one attached hydrogen (secondary N) is 2. The summed E-state index contributed by atoms with van der Waals surface area (Å²) in [6.45, 7) is 0. The molecular formula is C20H12F5N5S. The summed E-state index contributed by atoms with van der Waals surface area (Å²) in [5.74, 6) is -2.45. The van der Waals surface area contributed by atoms with Crippen LogP contribution >= 0.6 is 12.2 Å². The number of alkyl halides is 3. The number of fused-ring (bicyclic) bond motifs is 1. The van der Waals surface area contributed by atoms with Crippen molar-refractivity contribution in [1.29, 1.82) is 0 Å². The van der Waals surface area contributed by atoms with Crippen molar-refractivity contribution in [2.24, 2.45) is 0 Å². The van der Waals surface area contributed by atoms with E-state index in [9.17, 15) is 22.0 Å². The van der Waals surface area contributed by atoms with E-state index in [2.05, 4.69) is 20.6 Å². The third kappa shape index (κ3) is 4.31. The predicted octanol–water partition coefficient (Wildman–Crippen LogP) is 5.53. The topological polar surface area (TPSA) is 54.8 Å². The monoisotopic (exact) mass is 449 g/mol. The summed E-state index contributed by atoms with van der Waals surface area (Å²) in [5, 5.41) is 5.17. The van der Waals surface area contributed by atoms with E-state index in [4.69, 9.17) is 12.2 Å². The van der Waals surface area contributed by atoms with Crippen LogP contribution in [0.3, 0.4) is 0 Å². The Labute approximate surface area is 177 Å². The van der Waals surface area contributed by atoms with Crippen LogP contribution in [0.2, 0.25) is 0 Å². The lowest BCUT2D eigenvalue weighted by molar-refractivity contribution is -0.145. The lowest BCUT2D eigenvalue weighted by atomic mass is 10.3. The van der Waals surface area contributed by atoms with Crippen LogP contribution in [-0.2, 0) is 6.18 Å².